The Kier molecular flexibility index (Phi) is 7.11. The van der Waals surface area contributed by atoms with Gasteiger partial charge in [-0.15, -0.1) is 0 Å². The number of carbonyl (C=O) groups excluding carboxylic acids is 1. The number of imidazole rings is 1. The lowest BCUT2D eigenvalue weighted by Crippen LogP contribution is -2.49. The van der Waals surface area contributed by atoms with Crippen molar-refractivity contribution in [1.82, 2.24) is 38.9 Å². The van der Waals surface area contributed by atoms with Crippen molar-refractivity contribution in [3.05, 3.63) is 79.1 Å². The summed E-state index contributed by atoms with van der Waals surface area (Å²) in [5.74, 6) is 1.59. The van der Waals surface area contributed by atoms with E-state index >= 15 is 0 Å². The molecule has 1 fully saturated rings. The minimum Gasteiger partial charge on any atom is -0.492 e. The Bertz CT molecular complexity index is 1630. The average molecular weight is 538 g/mol. The number of aryl methyl sites for hydroxylation is 1. The van der Waals surface area contributed by atoms with Crippen molar-refractivity contribution in [3.63, 3.8) is 0 Å². The maximum atomic E-state index is 12.2. The van der Waals surface area contributed by atoms with Crippen LogP contribution in [0.4, 0.5) is 5.82 Å². The molecule has 0 bridgehead atoms. The molecule has 0 aliphatic carbocycles. The molecule has 0 atom stereocenters. The lowest BCUT2D eigenvalue weighted by Gasteiger charge is -2.31. The van der Waals surface area contributed by atoms with Crippen molar-refractivity contribution in [2.24, 2.45) is 7.05 Å². The van der Waals surface area contributed by atoms with Crippen LogP contribution < -0.4 is 10.1 Å². The predicted molar refractivity (Wildman–Crippen MR) is 152 cm³/mol. The molecule has 11 nitrogen and oxygen atoms in total. The molecular formula is C29H31N9O2. The molecule has 6 rings (SSSR count). The van der Waals surface area contributed by atoms with Gasteiger partial charge in [-0.3, -0.25) is 18.8 Å². The SMILES string of the molecule is CN1CCN(CCOc2ccn3c(-c4cc(NCc5ccc(-c6cnn(C)c6)cc5)ncn4)cnc3c2)C(=O)C1. The maximum Gasteiger partial charge on any atom is 0.236 e. The van der Waals surface area contributed by atoms with Crippen molar-refractivity contribution in [3.8, 4) is 28.3 Å². The average Bonchev–Trinajstić information content (AvgIpc) is 3.59. The van der Waals surface area contributed by atoms with Gasteiger partial charge in [0.25, 0.3) is 0 Å². The molecule has 0 unspecified atom stereocenters. The Morgan fingerprint density at radius 2 is 1.85 bits per heavy atom. The standard InChI is InChI=1S/C29H31N9O2/c1-35-9-10-37(29(39)19-35)11-12-40-24-7-8-38-26(17-31-28(38)13-24)25-14-27(33-20-32-25)30-15-21-3-5-22(6-4-21)23-16-34-36(2)18-23/h3-8,13-14,16-18,20H,9-12,15,19H2,1-2H3,(H,30,32,33). The van der Waals surface area contributed by atoms with E-state index in [1.54, 1.807) is 17.2 Å². The molecule has 204 valence electrons. The zero-order chi connectivity index (χ0) is 27.5. The van der Waals surface area contributed by atoms with Gasteiger partial charge < -0.3 is 15.0 Å². The maximum absolute atomic E-state index is 12.2. The van der Waals surface area contributed by atoms with E-state index in [1.165, 1.54) is 0 Å². The number of anilines is 1. The van der Waals surface area contributed by atoms with E-state index in [2.05, 4.69) is 49.6 Å². The largest absolute Gasteiger partial charge is 0.492 e. The molecule has 1 aliphatic heterocycles. The third kappa shape index (κ3) is 5.64. The van der Waals surface area contributed by atoms with Gasteiger partial charge in [0.2, 0.25) is 5.91 Å². The van der Waals surface area contributed by atoms with Crippen molar-refractivity contribution in [1.29, 1.82) is 0 Å². The molecule has 0 saturated carbocycles. The lowest BCUT2D eigenvalue weighted by atomic mass is 10.1. The van der Waals surface area contributed by atoms with Crippen molar-refractivity contribution in [2.75, 3.05) is 45.2 Å². The Balaban J connectivity index is 1.08. The smallest absolute Gasteiger partial charge is 0.236 e. The Labute approximate surface area is 232 Å². The normalized spacial score (nSPS) is 14.2. The van der Waals surface area contributed by atoms with Gasteiger partial charge >= 0.3 is 0 Å². The first-order valence-electron chi connectivity index (χ1n) is 13.2. The molecule has 0 radical (unpaired) electrons. The predicted octanol–water partition coefficient (Wildman–Crippen LogP) is 2.96. The number of hydrogen-bond acceptors (Lipinski definition) is 8. The van der Waals surface area contributed by atoms with E-state index < -0.39 is 0 Å². The summed E-state index contributed by atoms with van der Waals surface area (Å²) in [5.41, 5.74) is 5.75. The molecule has 5 aromatic rings. The van der Waals surface area contributed by atoms with Gasteiger partial charge in [-0.1, -0.05) is 24.3 Å². The fourth-order valence-electron chi connectivity index (χ4n) is 4.75. The minimum absolute atomic E-state index is 0.142. The molecule has 4 aromatic heterocycles. The van der Waals surface area contributed by atoms with Gasteiger partial charge in [-0.2, -0.15) is 5.10 Å². The fraction of sp³-hybridized carbons (Fsp3) is 0.276. The van der Waals surface area contributed by atoms with Crippen molar-refractivity contribution in [2.45, 2.75) is 6.54 Å². The summed E-state index contributed by atoms with van der Waals surface area (Å²) in [5, 5.41) is 7.63. The van der Waals surface area contributed by atoms with Crippen molar-refractivity contribution < 1.29 is 9.53 Å². The molecule has 1 saturated heterocycles. The number of fused-ring (bicyclic) bond motifs is 1. The van der Waals surface area contributed by atoms with E-state index in [0.717, 1.165) is 52.6 Å². The van der Waals surface area contributed by atoms with Gasteiger partial charge in [-0.05, 0) is 24.2 Å². The number of ether oxygens (including phenoxy) is 1. The first-order chi connectivity index (χ1) is 19.5. The number of aromatic nitrogens is 6. The first-order valence-corrected chi connectivity index (χ1v) is 13.2. The molecule has 1 amide bonds. The number of hydrogen-bond donors (Lipinski definition) is 1. The number of nitrogens with one attached hydrogen (secondary N) is 1. The molecular weight excluding hydrogens is 506 g/mol. The Morgan fingerprint density at radius 1 is 0.975 bits per heavy atom. The van der Waals surface area contributed by atoms with Crippen LogP contribution in [0.25, 0.3) is 28.2 Å². The number of piperazine rings is 1. The van der Waals surface area contributed by atoms with Gasteiger partial charge in [0.1, 0.15) is 30.1 Å². The minimum atomic E-state index is 0.142. The topological polar surface area (TPSA) is 106 Å². The molecule has 1 aliphatic rings. The highest BCUT2D eigenvalue weighted by Gasteiger charge is 2.21. The van der Waals surface area contributed by atoms with Crippen LogP contribution in [-0.2, 0) is 18.4 Å². The molecule has 11 heteroatoms. The molecule has 40 heavy (non-hydrogen) atoms. The second-order valence-corrected chi connectivity index (χ2v) is 9.94. The Morgan fingerprint density at radius 3 is 2.65 bits per heavy atom. The molecule has 5 heterocycles. The van der Waals surface area contributed by atoms with Crippen LogP contribution >= 0.6 is 0 Å². The summed E-state index contributed by atoms with van der Waals surface area (Å²) in [6, 6.07) is 14.1. The van der Waals surface area contributed by atoms with E-state index in [0.29, 0.717) is 32.0 Å². The molecule has 1 N–H and O–H groups in total. The van der Waals surface area contributed by atoms with Crippen LogP contribution in [0.15, 0.2) is 73.6 Å². The first kappa shape index (κ1) is 25.5. The van der Waals surface area contributed by atoms with Gasteiger partial charge in [0.15, 0.2) is 0 Å². The van der Waals surface area contributed by atoms with Gasteiger partial charge in [0.05, 0.1) is 36.9 Å². The van der Waals surface area contributed by atoms with E-state index in [9.17, 15) is 4.79 Å². The monoisotopic (exact) mass is 537 g/mol. The summed E-state index contributed by atoms with van der Waals surface area (Å²) in [6.45, 7) is 3.72. The van der Waals surface area contributed by atoms with E-state index in [4.69, 9.17) is 4.74 Å². The quantitative estimate of drug-likeness (QED) is 0.306. The zero-order valence-electron chi connectivity index (χ0n) is 22.6. The number of benzene rings is 1. The van der Waals surface area contributed by atoms with Crippen LogP contribution in [0, 0.1) is 0 Å². The second-order valence-electron chi connectivity index (χ2n) is 9.94. The van der Waals surface area contributed by atoms with Crippen LogP contribution in [0.1, 0.15) is 5.56 Å². The van der Waals surface area contributed by atoms with Crippen LogP contribution in [0.5, 0.6) is 5.75 Å². The van der Waals surface area contributed by atoms with E-state index in [-0.39, 0.29) is 5.91 Å². The summed E-state index contributed by atoms with van der Waals surface area (Å²) in [4.78, 5) is 29.5. The third-order valence-corrected chi connectivity index (χ3v) is 7.02. The summed E-state index contributed by atoms with van der Waals surface area (Å²) < 4.78 is 9.71. The van der Waals surface area contributed by atoms with Crippen LogP contribution in [-0.4, -0.2) is 84.7 Å². The van der Waals surface area contributed by atoms with Crippen LogP contribution in [0.3, 0.4) is 0 Å². The number of rotatable bonds is 9. The lowest BCUT2D eigenvalue weighted by molar-refractivity contribution is -0.135. The highest BCUT2D eigenvalue weighted by Crippen LogP contribution is 2.24. The summed E-state index contributed by atoms with van der Waals surface area (Å²) in [6.07, 6.45) is 9.14. The molecule has 1 aromatic carbocycles. The number of pyridine rings is 1. The summed E-state index contributed by atoms with van der Waals surface area (Å²) >= 11 is 0. The van der Waals surface area contributed by atoms with Gasteiger partial charge in [-0.25, -0.2) is 15.0 Å². The highest BCUT2D eigenvalue weighted by atomic mass is 16.5. The Hall–Kier alpha value is -4.77. The van der Waals surface area contributed by atoms with Crippen molar-refractivity contribution >= 4 is 17.4 Å². The second kappa shape index (κ2) is 11.1. The number of likely N-dealkylation sites (N-methyl/N-ethyl adjacent to an activating group) is 1. The zero-order valence-corrected chi connectivity index (χ0v) is 22.6. The number of nitrogens with zero attached hydrogens (tertiary/aromatic N) is 8. The van der Waals surface area contributed by atoms with Crippen LogP contribution in [0.2, 0.25) is 0 Å². The van der Waals surface area contributed by atoms with Gasteiger partial charge in [0, 0.05) is 56.8 Å². The fourth-order valence-corrected chi connectivity index (χ4v) is 4.75. The summed E-state index contributed by atoms with van der Waals surface area (Å²) in [7, 11) is 3.88. The number of carbonyl (C=O) groups is 1. The number of amides is 1. The highest BCUT2D eigenvalue weighted by molar-refractivity contribution is 5.79. The third-order valence-electron chi connectivity index (χ3n) is 7.02. The molecule has 0 spiro atoms. The van der Waals surface area contributed by atoms with E-state index in [1.807, 2.05) is 65.1 Å².